The summed E-state index contributed by atoms with van der Waals surface area (Å²) in [6.45, 7) is 4.00. The van der Waals surface area contributed by atoms with E-state index in [-0.39, 0.29) is 5.54 Å². The third-order valence-corrected chi connectivity index (χ3v) is 4.71. The van der Waals surface area contributed by atoms with Crippen LogP contribution in [0.2, 0.25) is 0 Å². The molecule has 0 spiro atoms. The van der Waals surface area contributed by atoms with Gasteiger partial charge in [0.25, 0.3) is 0 Å². The predicted molar refractivity (Wildman–Crippen MR) is 92.8 cm³/mol. The van der Waals surface area contributed by atoms with Crippen LogP contribution in [-0.2, 0) is 5.54 Å². The maximum Gasteiger partial charge on any atom is 0.148 e. The second-order valence-corrected chi connectivity index (χ2v) is 6.23. The van der Waals surface area contributed by atoms with Gasteiger partial charge in [-0.15, -0.1) is 0 Å². The highest BCUT2D eigenvalue weighted by Gasteiger charge is 2.40. The van der Waals surface area contributed by atoms with Crippen LogP contribution in [0.1, 0.15) is 12.5 Å². The highest BCUT2D eigenvalue weighted by molar-refractivity contribution is 5.46. The van der Waals surface area contributed by atoms with Crippen LogP contribution >= 0.6 is 0 Å². The van der Waals surface area contributed by atoms with E-state index in [1.807, 2.05) is 48.4 Å². The summed E-state index contributed by atoms with van der Waals surface area (Å²) >= 11 is 0. The van der Waals surface area contributed by atoms with Gasteiger partial charge in [0.1, 0.15) is 17.7 Å². The Morgan fingerprint density at radius 1 is 1.33 bits per heavy atom. The first-order valence-corrected chi connectivity index (χ1v) is 8.07. The quantitative estimate of drug-likeness (QED) is 0.752. The lowest BCUT2D eigenvalue weighted by Gasteiger charge is -2.39. The minimum atomic E-state index is -0.612. The SMILES string of the molecule is COc1ccc(C2(CN3C=CC=C(C)C3O)CNCN2)c(OC)c1. The molecule has 0 aliphatic carbocycles. The monoisotopic (exact) mass is 331 g/mol. The molecule has 0 radical (unpaired) electrons. The zero-order chi connectivity index (χ0) is 17.2. The lowest BCUT2D eigenvalue weighted by molar-refractivity contribution is 0.0484. The summed E-state index contributed by atoms with van der Waals surface area (Å²) < 4.78 is 10.9. The molecule has 2 aliphatic rings. The number of methoxy groups -OCH3 is 2. The topological polar surface area (TPSA) is 66.0 Å². The van der Waals surface area contributed by atoms with Crippen molar-refractivity contribution in [3.63, 3.8) is 0 Å². The Balaban J connectivity index is 1.95. The summed E-state index contributed by atoms with van der Waals surface area (Å²) in [4.78, 5) is 1.94. The number of nitrogens with zero attached hydrogens (tertiary/aromatic N) is 1. The second-order valence-electron chi connectivity index (χ2n) is 6.23. The van der Waals surface area contributed by atoms with E-state index in [2.05, 4.69) is 10.6 Å². The molecule has 3 rings (SSSR count). The second kappa shape index (κ2) is 6.84. The molecule has 0 amide bonds. The smallest absolute Gasteiger partial charge is 0.148 e. The highest BCUT2D eigenvalue weighted by Crippen LogP contribution is 2.35. The van der Waals surface area contributed by atoms with Crippen LogP contribution in [0.25, 0.3) is 0 Å². The Morgan fingerprint density at radius 3 is 2.83 bits per heavy atom. The summed E-state index contributed by atoms with van der Waals surface area (Å²) in [5.41, 5.74) is 1.62. The van der Waals surface area contributed by atoms with Crippen molar-refractivity contribution in [1.29, 1.82) is 0 Å². The fourth-order valence-corrected chi connectivity index (χ4v) is 3.34. The number of aliphatic hydroxyl groups excluding tert-OH is 1. The molecule has 0 saturated carbocycles. The third-order valence-electron chi connectivity index (χ3n) is 4.71. The minimum Gasteiger partial charge on any atom is -0.497 e. The Labute approximate surface area is 142 Å². The van der Waals surface area contributed by atoms with Crippen molar-refractivity contribution in [2.75, 3.05) is 34.0 Å². The van der Waals surface area contributed by atoms with E-state index in [1.165, 1.54) is 0 Å². The molecule has 0 bridgehead atoms. The van der Waals surface area contributed by atoms with Gasteiger partial charge in [-0.3, -0.25) is 5.32 Å². The fourth-order valence-electron chi connectivity index (χ4n) is 3.34. The number of rotatable bonds is 5. The van der Waals surface area contributed by atoms with Crippen molar-refractivity contribution in [3.05, 3.63) is 47.7 Å². The molecule has 24 heavy (non-hydrogen) atoms. The molecule has 0 aromatic heterocycles. The lowest BCUT2D eigenvalue weighted by Crippen LogP contribution is -2.51. The van der Waals surface area contributed by atoms with Crippen molar-refractivity contribution in [3.8, 4) is 11.5 Å². The maximum atomic E-state index is 10.5. The van der Waals surface area contributed by atoms with E-state index in [4.69, 9.17) is 9.47 Å². The van der Waals surface area contributed by atoms with Gasteiger partial charge in [-0.1, -0.05) is 6.08 Å². The Morgan fingerprint density at radius 2 is 2.17 bits per heavy atom. The van der Waals surface area contributed by atoms with Gasteiger partial charge in [0, 0.05) is 37.6 Å². The van der Waals surface area contributed by atoms with Gasteiger partial charge < -0.3 is 24.8 Å². The van der Waals surface area contributed by atoms with Crippen LogP contribution in [0.4, 0.5) is 0 Å². The number of aliphatic hydroxyl groups is 1. The average Bonchev–Trinajstić information content (AvgIpc) is 3.08. The normalized spacial score (nSPS) is 26.4. The van der Waals surface area contributed by atoms with Crippen molar-refractivity contribution in [2.45, 2.75) is 18.7 Å². The largest absolute Gasteiger partial charge is 0.497 e. The maximum absolute atomic E-state index is 10.5. The molecule has 6 nitrogen and oxygen atoms in total. The van der Waals surface area contributed by atoms with Crippen molar-refractivity contribution >= 4 is 0 Å². The molecule has 2 aliphatic heterocycles. The lowest BCUT2D eigenvalue weighted by atomic mass is 9.88. The van der Waals surface area contributed by atoms with Crippen molar-refractivity contribution < 1.29 is 14.6 Å². The van der Waals surface area contributed by atoms with E-state index >= 15 is 0 Å². The van der Waals surface area contributed by atoms with E-state index in [0.29, 0.717) is 13.2 Å². The Hall–Kier alpha value is -2.02. The molecular formula is C18H25N3O3. The van der Waals surface area contributed by atoms with E-state index in [1.54, 1.807) is 14.2 Å². The first-order chi connectivity index (χ1) is 11.6. The van der Waals surface area contributed by atoms with Gasteiger partial charge in [-0.25, -0.2) is 0 Å². The molecule has 1 aromatic carbocycles. The third kappa shape index (κ3) is 3.00. The molecule has 2 heterocycles. The van der Waals surface area contributed by atoms with Gasteiger partial charge in [0.05, 0.1) is 19.8 Å². The first-order valence-electron chi connectivity index (χ1n) is 8.07. The molecule has 2 atom stereocenters. The molecule has 1 aromatic rings. The number of nitrogens with one attached hydrogen (secondary N) is 2. The highest BCUT2D eigenvalue weighted by atomic mass is 16.5. The van der Waals surface area contributed by atoms with E-state index in [0.717, 1.165) is 29.2 Å². The van der Waals surface area contributed by atoms with Crippen molar-refractivity contribution in [1.82, 2.24) is 15.5 Å². The van der Waals surface area contributed by atoms with E-state index < -0.39 is 6.23 Å². The Bertz CT molecular complexity index is 651. The zero-order valence-electron chi connectivity index (χ0n) is 14.4. The molecule has 3 N–H and O–H groups in total. The summed E-state index contributed by atoms with van der Waals surface area (Å²) in [5.74, 6) is 1.53. The molecule has 2 unspecified atom stereocenters. The van der Waals surface area contributed by atoms with Gasteiger partial charge in [0.2, 0.25) is 0 Å². The number of benzene rings is 1. The average molecular weight is 331 g/mol. The molecule has 1 fully saturated rings. The summed E-state index contributed by atoms with van der Waals surface area (Å²) in [6, 6.07) is 5.86. The standard InChI is InChI=1S/C18H25N3O3/c1-13-5-4-8-21(17(13)22)11-18(10-19-12-20-18)15-7-6-14(23-2)9-16(15)24-3/h4-9,17,19-20,22H,10-12H2,1-3H3. The summed E-state index contributed by atoms with van der Waals surface area (Å²) in [7, 11) is 3.31. The summed E-state index contributed by atoms with van der Waals surface area (Å²) in [5, 5.41) is 17.4. The van der Waals surface area contributed by atoms with Crippen molar-refractivity contribution in [2.24, 2.45) is 0 Å². The van der Waals surface area contributed by atoms with Crippen LogP contribution in [0, 0.1) is 0 Å². The first kappa shape index (κ1) is 16.8. The number of hydrogen-bond acceptors (Lipinski definition) is 6. The minimum absolute atomic E-state index is 0.361. The molecule has 1 saturated heterocycles. The van der Waals surface area contributed by atoms with Crippen LogP contribution in [0.15, 0.2) is 42.1 Å². The number of allylic oxidation sites excluding steroid dienone is 2. The molecule has 130 valence electrons. The Kier molecular flexibility index (Phi) is 4.80. The van der Waals surface area contributed by atoms with Gasteiger partial charge in [-0.05, 0) is 30.7 Å². The molecule has 6 heteroatoms. The van der Waals surface area contributed by atoms with Gasteiger partial charge in [-0.2, -0.15) is 0 Å². The van der Waals surface area contributed by atoms with Gasteiger partial charge >= 0.3 is 0 Å². The predicted octanol–water partition coefficient (Wildman–Crippen LogP) is 1.14. The number of ether oxygens (including phenoxy) is 2. The van der Waals surface area contributed by atoms with Crippen LogP contribution in [0.5, 0.6) is 11.5 Å². The summed E-state index contributed by atoms with van der Waals surface area (Å²) in [6.07, 6.45) is 5.21. The van der Waals surface area contributed by atoms with Crippen LogP contribution < -0.4 is 20.1 Å². The van der Waals surface area contributed by atoms with E-state index in [9.17, 15) is 5.11 Å². The number of hydrogen-bond donors (Lipinski definition) is 3. The zero-order valence-corrected chi connectivity index (χ0v) is 14.4. The van der Waals surface area contributed by atoms with Gasteiger partial charge in [0.15, 0.2) is 0 Å². The van der Waals surface area contributed by atoms with Crippen LogP contribution in [-0.4, -0.2) is 50.2 Å². The molecular weight excluding hydrogens is 306 g/mol. The van der Waals surface area contributed by atoms with Crippen LogP contribution in [0.3, 0.4) is 0 Å². The fraction of sp³-hybridized carbons (Fsp3) is 0.444.